The van der Waals surface area contributed by atoms with Crippen LogP contribution in [0.25, 0.3) is 0 Å². The molecule has 0 aliphatic carbocycles. The first-order chi connectivity index (χ1) is 15.3. The van der Waals surface area contributed by atoms with E-state index in [1.165, 1.54) is 0 Å². The Balaban J connectivity index is 1.60. The highest BCUT2D eigenvalue weighted by molar-refractivity contribution is 9.10. The molecule has 8 heteroatoms. The molecule has 3 N–H and O–H groups in total. The first kappa shape index (κ1) is 23.0. The van der Waals surface area contributed by atoms with Crippen LogP contribution >= 0.6 is 15.9 Å². The molecule has 0 aromatic heterocycles. The maximum Gasteiger partial charge on any atom is 0.273 e. The van der Waals surface area contributed by atoms with Crippen molar-refractivity contribution in [2.75, 3.05) is 5.32 Å². The van der Waals surface area contributed by atoms with Gasteiger partial charge in [0.25, 0.3) is 17.7 Å². The van der Waals surface area contributed by atoms with Gasteiger partial charge < -0.3 is 10.1 Å². The van der Waals surface area contributed by atoms with Crippen LogP contribution < -0.4 is 20.9 Å². The van der Waals surface area contributed by atoms with Gasteiger partial charge in [0.05, 0.1) is 11.7 Å². The van der Waals surface area contributed by atoms with Crippen LogP contribution in [0.2, 0.25) is 0 Å². The lowest BCUT2D eigenvalue weighted by atomic mass is 10.1. The van der Waals surface area contributed by atoms with Gasteiger partial charge in [0, 0.05) is 21.3 Å². The molecule has 3 rings (SSSR count). The fourth-order valence-electron chi connectivity index (χ4n) is 2.79. The number of halogens is 1. The summed E-state index contributed by atoms with van der Waals surface area (Å²) in [6, 6.07) is 20.2. The molecule has 7 nitrogen and oxygen atoms in total. The smallest absolute Gasteiger partial charge is 0.273 e. The fraction of sp³-hybridized carbons (Fsp3) is 0.125. The third kappa shape index (κ3) is 6.18. The summed E-state index contributed by atoms with van der Waals surface area (Å²) in [5.41, 5.74) is 6.46. The molecule has 0 heterocycles. The molecule has 0 aliphatic rings. The Bertz CT molecular complexity index is 1120. The number of carbonyl (C=O) groups excluding carboxylic acids is 3. The van der Waals surface area contributed by atoms with E-state index in [2.05, 4.69) is 32.1 Å². The van der Waals surface area contributed by atoms with Crippen LogP contribution in [0.4, 0.5) is 5.69 Å². The van der Waals surface area contributed by atoms with Gasteiger partial charge in [-0.05, 0) is 68.4 Å². The van der Waals surface area contributed by atoms with E-state index in [1.807, 2.05) is 19.9 Å². The number of benzene rings is 3. The van der Waals surface area contributed by atoms with Crippen LogP contribution in [0.1, 0.15) is 44.9 Å². The second kappa shape index (κ2) is 10.6. The normalized spacial score (nSPS) is 10.4. The average Bonchev–Trinajstić information content (AvgIpc) is 2.79. The molecule has 0 spiro atoms. The molecule has 0 fully saturated rings. The van der Waals surface area contributed by atoms with Crippen molar-refractivity contribution in [2.24, 2.45) is 0 Å². The van der Waals surface area contributed by atoms with Gasteiger partial charge in [-0.25, -0.2) is 0 Å². The predicted octanol–water partition coefficient (Wildman–Crippen LogP) is 4.56. The number of ether oxygens (including phenoxy) is 1. The molecule has 3 aromatic carbocycles. The van der Waals surface area contributed by atoms with Crippen molar-refractivity contribution in [3.63, 3.8) is 0 Å². The van der Waals surface area contributed by atoms with Crippen molar-refractivity contribution in [3.05, 3.63) is 94.0 Å². The number of nitrogens with one attached hydrogen (secondary N) is 3. The molecule has 164 valence electrons. The van der Waals surface area contributed by atoms with Crippen LogP contribution in [0, 0.1) is 0 Å². The topological polar surface area (TPSA) is 96.5 Å². The molecule has 0 saturated carbocycles. The number of carbonyl (C=O) groups is 3. The number of amides is 3. The van der Waals surface area contributed by atoms with E-state index < -0.39 is 11.8 Å². The zero-order valence-electron chi connectivity index (χ0n) is 17.5. The Morgan fingerprint density at radius 2 is 1.41 bits per heavy atom. The van der Waals surface area contributed by atoms with Crippen molar-refractivity contribution >= 4 is 39.3 Å². The fourth-order valence-corrected chi connectivity index (χ4v) is 3.15. The van der Waals surface area contributed by atoms with Crippen LogP contribution in [-0.4, -0.2) is 23.8 Å². The lowest BCUT2D eigenvalue weighted by Crippen LogP contribution is -2.41. The zero-order chi connectivity index (χ0) is 23.1. The predicted molar refractivity (Wildman–Crippen MR) is 126 cm³/mol. The summed E-state index contributed by atoms with van der Waals surface area (Å²) in [6.07, 6.45) is -0.113. The van der Waals surface area contributed by atoms with Crippen molar-refractivity contribution in [2.45, 2.75) is 20.0 Å². The number of hydrogen-bond donors (Lipinski definition) is 3. The second-order valence-electron chi connectivity index (χ2n) is 7.11. The summed E-state index contributed by atoms with van der Waals surface area (Å²) in [5.74, 6) is -0.848. The summed E-state index contributed by atoms with van der Waals surface area (Å²) >= 11 is 3.33. The molecule has 0 bridgehead atoms. The molecule has 3 amide bonds. The van der Waals surface area contributed by atoms with Crippen LogP contribution in [0.5, 0.6) is 5.75 Å². The molecule has 32 heavy (non-hydrogen) atoms. The van der Waals surface area contributed by atoms with E-state index >= 15 is 0 Å². The van der Waals surface area contributed by atoms with Crippen molar-refractivity contribution < 1.29 is 19.1 Å². The Morgan fingerprint density at radius 1 is 0.781 bits per heavy atom. The molecule has 0 unspecified atom stereocenters. The number of rotatable bonds is 6. The lowest BCUT2D eigenvalue weighted by molar-refractivity contribution is 0.0843. The maximum absolute atomic E-state index is 12.6. The minimum absolute atomic E-state index is 0.113. The van der Waals surface area contributed by atoms with E-state index in [4.69, 9.17) is 4.74 Å². The summed E-state index contributed by atoms with van der Waals surface area (Å²) in [7, 11) is 0. The number of hydrogen-bond acceptors (Lipinski definition) is 4. The quantitative estimate of drug-likeness (QED) is 0.436. The lowest BCUT2D eigenvalue weighted by Gasteiger charge is -2.15. The average molecular weight is 496 g/mol. The van der Waals surface area contributed by atoms with Crippen LogP contribution in [0.3, 0.4) is 0 Å². The summed E-state index contributed by atoms with van der Waals surface area (Å²) < 4.78 is 6.37. The van der Waals surface area contributed by atoms with Crippen LogP contribution in [-0.2, 0) is 0 Å². The van der Waals surface area contributed by atoms with Gasteiger partial charge >= 0.3 is 0 Å². The second-order valence-corrected chi connectivity index (χ2v) is 8.03. The van der Waals surface area contributed by atoms with E-state index in [0.717, 1.165) is 0 Å². The molecule has 3 aromatic rings. The van der Waals surface area contributed by atoms with E-state index in [-0.39, 0.29) is 17.6 Å². The molecule has 0 radical (unpaired) electrons. The van der Waals surface area contributed by atoms with Gasteiger partial charge in [-0.2, -0.15) is 0 Å². The minimum atomic E-state index is -0.512. The molecule has 0 saturated heterocycles. The summed E-state index contributed by atoms with van der Waals surface area (Å²) in [5, 5.41) is 2.76. The standard InChI is InChI=1S/C24H22BrN3O4/c1-15(2)32-21-13-10-18(25)14-20(21)24(31)28-27-23(30)17-8-11-19(12-9-17)26-22(29)16-6-4-3-5-7-16/h3-15H,1-2H3,(H,26,29)(H,27,30)(H,28,31). The summed E-state index contributed by atoms with van der Waals surface area (Å²) in [4.78, 5) is 37.2. The van der Waals surface area contributed by atoms with E-state index in [0.29, 0.717) is 27.0 Å². The Labute approximate surface area is 194 Å². The third-order valence-electron chi connectivity index (χ3n) is 4.28. The molecular formula is C24H22BrN3O4. The largest absolute Gasteiger partial charge is 0.490 e. The summed E-state index contributed by atoms with van der Waals surface area (Å²) in [6.45, 7) is 3.72. The van der Waals surface area contributed by atoms with Gasteiger partial charge in [0.15, 0.2) is 0 Å². The maximum atomic E-state index is 12.6. The zero-order valence-corrected chi connectivity index (χ0v) is 19.1. The SMILES string of the molecule is CC(C)Oc1ccc(Br)cc1C(=O)NNC(=O)c1ccc(NC(=O)c2ccccc2)cc1. The Morgan fingerprint density at radius 3 is 2.06 bits per heavy atom. The highest BCUT2D eigenvalue weighted by Crippen LogP contribution is 2.24. The Kier molecular flexibility index (Phi) is 7.62. The number of hydrazine groups is 1. The highest BCUT2D eigenvalue weighted by Gasteiger charge is 2.16. The molecule has 0 aliphatic heterocycles. The van der Waals surface area contributed by atoms with Gasteiger partial charge in [-0.3, -0.25) is 25.2 Å². The Hall–Kier alpha value is -3.65. The van der Waals surface area contributed by atoms with E-state index in [9.17, 15) is 14.4 Å². The minimum Gasteiger partial charge on any atom is -0.490 e. The van der Waals surface area contributed by atoms with Gasteiger partial charge in [0.2, 0.25) is 0 Å². The first-order valence-corrected chi connectivity index (χ1v) is 10.7. The van der Waals surface area contributed by atoms with Gasteiger partial charge in [-0.15, -0.1) is 0 Å². The molecule has 0 atom stereocenters. The van der Waals surface area contributed by atoms with Gasteiger partial charge in [0.1, 0.15) is 5.75 Å². The van der Waals surface area contributed by atoms with Crippen molar-refractivity contribution in [1.82, 2.24) is 10.9 Å². The molecular weight excluding hydrogens is 474 g/mol. The monoisotopic (exact) mass is 495 g/mol. The van der Waals surface area contributed by atoms with Crippen molar-refractivity contribution in [1.29, 1.82) is 0 Å². The van der Waals surface area contributed by atoms with Crippen molar-refractivity contribution in [3.8, 4) is 5.75 Å². The highest BCUT2D eigenvalue weighted by atomic mass is 79.9. The first-order valence-electron chi connectivity index (χ1n) is 9.87. The third-order valence-corrected chi connectivity index (χ3v) is 4.77. The van der Waals surface area contributed by atoms with E-state index in [1.54, 1.807) is 66.7 Å². The van der Waals surface area contributed by atoms with Gasteiger partial charge in [-0.1, -0.05) is 34.1 Å². The number of anilines is 1. The van der Waals surface area contributed by atoms with Crippen LogP contribution in [0.15, 0.2) is 77.3 Å².